The standard InChI is InChI=1S/C11H12O2.C8H9F3N2.C6H11NO2.C2H4/c1-2-8-3-4-11-9(7-8)10(12)5-6-13-11;1-12-5-7-3-2-6(4-13-7)8(9,10)11;1-6(4-8)2-3-7-5-9;1-2/h3-4,7H,2,5-6H2,1H3;2-4,12H,5H2,1H3;4-6H,2-3H2,1H3,(H,7,9);1-2H2. The predicted octanol–water partition coefficient (Wildman–Crippen LogP) is 4.79. The molecule has 0 saturated heterocycles. The topological polar surface area (TPSA) is 97.4 Å². The molecule has 0 spiro atoms. The Balaban J connectivity index is 0.000000518. The number of ketones is 1. The van der Waals surface area contributed by atoms with E-state index in [4.69, 9.17) is 4.74 Å². The number of rotatable bonds is 8. The molecule has 3 rings (SSSR count). The Bertz CT molecular complexity index is 951. The number of aromatic nitrogens is 1. The average molecular weight is 524 g/mol. The number of alkyl halides is 3. The molecule has 1 aromatic heterocycles. The van der Waals surface area contributed by atoms with Crippen LogP contribution in [0.1, 0.15) is 53.9 Å². The number of Topliss-reactive ketones (excluding diaryl/α,β-unsaturated/α-hetero) is 1. The number of amides is 1. The van der Waals surface area contributed by atoms with Gasteiger partial charge in [0.15, 0.2) is 5.78 Å². The fourth-order valence-electron chi connectivity index (χ4n) is 2.85. The van der Waals surface area contributed by atoms with Crippen molar-refractivity contribution in [1.82, 2.24) is 15.6 Å². The van der Waals surface area contributed by atoms with Crippen LogP contribution in [0, 0.1) is 5.92 Å². The largest absolute Gasteiger partial charge is 0.492 e. The highest BCUT2D eigenvalue weighted by molar-refractivity contribution is 5.99. The van der Waals surface area contributed by atoms with Crippen molar-refractivity contribution in [2.45, 2.75) is 45.8 Å². The van der Waals surface area contributed by atoms with Gasteiger partial charge in [0.1, 0.15) is 12.0 Å². The van der Waals surface area contributed by atoms with Gasteiger partial charge < -0.3 is 20.2 Å². The summed E-state index contributed by atoms with van der Waals surface area (Å²) in [6.45, 7) is 11.5. The zero-order chi connectivity index (χ0) is 28.3. The molecular weight excluding hydrogens is 487 g/mol. The van der Waals surface area contributed by atoms with Gasteiger partial charge in [-0.05, 0) is 49.7 Å². The molecule has 0 saturated carbocycles. The number of carbonyl (C=O) groups is 3. The minimum absolute atomic E-state index is 0.0532. The third-order valence-corrected chi connectivity index (χ3v) is 4.91. The molecular formula is C27H36F3N3O4. The van der Waals surface area contributed by atoms with Crippen molar-refractivity contribution in [2.75, 3.05) is 20.2 Å². The fraction of sp³-hybridized carbons (Fsp3) is 0.407. The van der Waals surface area contributed by atoms with E-state index in [1.807, 2.05) is 25.1 Å². The highest BCUT2D eigenvalue weighted by Gasteiger charge is 2.30. The third kappa shape index (κ3) is 13.4. The van der Waals surface area contributed by atoms with Crippen LogP contribution in [0.3, 0.4) is 0 Å². The van der Waals surface area contributed by atoms with Crippen LogP contribution in [-0.4, -0.2) is 43.7 Å². The number of ether oxygens (including phenoxy) is 1. The molecule has 37 heavy (non-hydrogen) atoms. The van der Waals surface area contributed by atoms with Crippen LogP contribution in [0.5, 0.6) is 5.75 Å². The number of carbonyl (C=O) groups excluding carboxylic acids is 3. The van der Waals surface area contributed by atoms with Crippen molar-refractivity contribution in [3.63, 3.8) is 0 Å². The lowest BCUT2D eigenvalue weighted by Gasteiger charge is -2.16. The van der Waals surface area contributed by atoms with E-state index in [9.17, 15) is 27.6 Å². The van der Waals surface area contributed by atoms with Crippen LogP contribution in [0.2, 0.25) is 0 Å². The van der Waals surface area contributed by atoms with E-state index < -0.39 is 11.7 Å². The summed E-state index contributed by atoms with van der Waals surface area (Å²) in [5.41, 5.74) is 1.83. The molecule has 10 heteroatoms. The van der Waals surface area contributed by atoms with E-state index in [1.54, 1.807) is 7.05 Å². The maximum atomic E-state index is 12.0. The second kappa shape index (κ2) is 18.7. The molecule has 1 atom stereocenters. The number of aryl methyl sites for hydroxylation is 1. The first kappa shape index (κ1) is 33.5. The van der Waals surface area contributed by atoms with Gasteiger partial charge in [-0.3, -0.25) is 14.6 Å². The Kier molecular flexibility index (Phi) is 16.9. The number of hydrogen-bond donors (Lipinski definition) is 2. The lowest BCUT2D eigenvalue weighted by molar-refractivity contribution is -0.137. The second-order valence-electron chi connectivity index (χ2n) is 7.75. The van der Waals surface area contributed by atoms with Crippen molar-refractivity contribution in [3.8, 4) is 5.75 Å². The smallest absolute Gasteiger partial charge is 0.417 e. The summed E-state index contributed by atoms with van der Waals surface area (Å²) in [6, 6.07) is 8.23. The summed E-state index contributed by atoms with van der Waals surface area (Å²) in [6.07, 6.45) is 0.255. The lowest BCUT2D eigenvalue weighted by atomic mass is 10.0. The van der Waals surface area contributed by atoms with Gasteiger partial charge in [-0.15, -0.1) is 13.2 Å². The summed E-state index contributed by atoms with van der Waals surface area (Å²) < 4.78 is 41.5. The fourth-order valence-corrected chi connectivity index (χ4v) is 2.85. The predicted molar refractivity (Wildman–Crippen MR) is 137 cm³/mol. The van der Waals surface area contributed by atoms with Crippen LogP contribution < -0.4 is 15.4 Å². The summed E-state index contributed by atoms with van der Waals surface area (Å²) in [5, 5.41) is 5.27. The van der Waals surface area contributed by atoms with E-state index >= 15 is 0 Å². The number of halogens is 3. The molecule has 2 N–H and O–H groups in total. The Morgan fingerprint density at radius 3 is 2.41 bits per heavy atom. The number of hydrogen-bond acceptors (Lipinski definition) is 6. The first-order chi connectivity index (χ1) is 17.7. The highest BCUT2D eigenvalue weighted by atomic mass is 19.4. The maximum absolute atomic E-state index is 12.0. The summed E-state index contributed by atoms with van der Waals surface area (Å²) in [5.74, 6) is 1.00. The number of benzene rings is 1. The molecule has 0 radical (unpaired) electrons. The van der Waals surface area contributed by atoms with Gasteiger partial charge in [0, 0.05) is 31.6 Å². The third-order valence-electron chi connectivity index (χ3n) is 4.91. The molecule has 0 aliphatic carbocycles. The van der Waals surface area contributed by atoms with Crippen LogP contribution in [0.25, 0.3) is 0 Å². The van der Waals surface area contributed by atoms with Crippen LogP contribution in [0.4, 0.5) is 13.2 Å². The highest BCUT2D eigenvalue weighted by Crippen LogP contribution is 2.28. The molecule has 2 aromatic rings. The van der Waals surface area contributed by atoms with Crippen molar-refractivity contribution in [2.24, 2.45) is 5.92 Å². The first-order valence-corrected chi connectivity index (χ1v) is 11.7. The normalized spacial score (nSPS) is 12.4. The van der Waals surface area contributed by atoms with Crippen molar-refractivity contribution in [3.05, 3.63) is 72.1 Å². The van der Waals surface area contributed by atoms with Gasteiger partial charge in [-0.1, -0.05) is 19.9 Å². The summed E-state index contributed by atoms with van der Waals surface area (Å²) >= 11 is 0. The molecule has 2 heterocycles. The van der Waals surface area contributed by atoms with Gasteiger partial charge in [0.05, 0.1) is 23.4 Å². The molecule has 0 bridgehead atoms. The molecule has 7 nitrogen and oxygen atoms in total. The monoisotopic (exact) mass is 523 g/mol. The van der Waals surface area contributed by atoms with E-state index in [2.05, 4.69) is 35.7 Å². The van der Waals surface area contributed by atoms with E-state index in [0.717, 1.165) is 42.7 Å². The van der Waals surface area contributed by atoms with Crippen molar-refractivity contribution in [1.29, 1.82) is 0 Å². The number of nitrogens with zero attached hydrogens (tertiary/aromatic N) is 1. The van der Waals surface area contributed by atoms with Crippen LogP contribution in [-0.2, 0) is 28.7 Å². The molecule has 204 valence electrons. The first-order valence-electron chi connectivity index (χ1n) is 11.7. The lowest BCUT2D eigenvalue weighted by Crippen LogP contribution is -2.15. The van der Waals surface area contributed by atoms with E-state index in [1.165, 1.54) is 11.6 Å². The van der Waals surface area contributed by atoms with Crippen LogP contribution in [0.15, 0.2) is 49.7 Å². The van der Waals surface area contributed by atoms with Crippen molar-refractivity contribution >= 4 is 18.5 Å². The summed E-state index contributed by atoms with van der Waals surface area (Å²) in [4.78, 5) is 34.8. The number of pyridine rings is 1. The van der Waals surface area contributed by atoms with Gasteiger partial charge in [0.25, 0.3) is 0 Å². The van der Waals surface area contributed by atoms with E-state index in [-0.39, 0.29) is 11.7 Å². The Labute approximate surface area is 216 Å². The average Bonchev–Trinajstić information content (AvgIpc) is 2.91. The van der Waals surface area contributed by atoms with Gasteiger partial charge in [-0.2, -0.15) is 13.2 Å². The molecule has 1 amide bonds. The quantitative estimate of drug-likeness (QED) is 0.293. The second-order valence-corrected chi connectivity index (χ2v) is 7.75. The number of fused-ring (bicyclic) bond motifs is 1. The molecule has 1 aliphatic heterocycles. The number of aldehydes is 1. The minimum atomic E-state index is -4.30. The molecule has 1 aliphatic rings. The molecule has 1 unspecified atom stereocenters. The summed E-state index contributed by atoms with van der Waals surface area (Å²) in [7, 11) is 1.71. The zero-order valence-corrected chi connectivity index (χ0v) is 21.6. The van der Waals surface area contributed by atoms with Gasteiger partial charge >= 0.3 is 6.18 Å². The molecule has 1 aromatic carbocycles. The van der Waals surface area contributed by atoms with Crippen molar-refractivity contribution < 1.29 is 32.3 Å². The molecule has 0 fully saturated rings. The van der Waals surface area contributed by atoms with Gasteiger partial charge in [0.2, 0.25) is 6.41 Å². The Morgan fingerprint density at radius 1 is 1.19 bits per heavy atom. The van der Waals surface area contributed by atoms with Gasteiger partial charge in [-0.25, -0.2) is 0 Å². The van der Waals surface area contributed by atoms with Crippen LogP contribution >= 0.6 is 0 Å². The zero-order valence-electron chi connectivity index (χ0n) is 21.6. The Hall–Kier alpha value is -3.53. The SMILES string of the molecule is C=C.CC(C=O)CCNC=O.CCc1ccc2c(c1)C(=O)CCO2.CNCc1ccc(C(F)(F)F)cn1. The number of nitrogens with one attached hydrogen (secondary N) is 2. The van der Waals surface area contributed by atoms with E-state index in [0.29, 0.717) is 38.2 Å². The Morgan fingerprint density at radius 2 is 1.89 bits per heavy atom. The maximum Gasteiger partial charge on any atom is 0.417 e. The minimum Gasteiger partial charge on any atom is -0.492 e.